The van der Waals surface area contributed by atoms with Gasteiger partial charge in [0.2, 0.25) is 5.91 Å². The molecule has 0 spiro atoms. The van der Waals surface area contributed by atoms with Crippen molar-refractivity contribution in [2.24, 2.45) is 5.92 Å². The summed E-state index contributed by atoms with van der Waals surface area (Å²) in [6.45, 7) is 2.39. The molecule has 1 atom stereocenters. The number of carboxylic acids is 1. The second-order valence-electron chi connectivity index (χ2n) is 4.47. The van der Waals surface area contributed by atoms with E-state index in [1.807, 2.05) is 13.0 Å². The Hall–Kier alpha value is -2.55. The highest BCUT2D eigenvalue weighted by Gasteiger charge is 2.35. The van der Waals surface area contributed by atoms with E-state index in [-0.39, 0.29) is 18.9 Å². The molecule has 1 heterocycles. The largest absolute Gasteiger partial charge is 0.492 e. The van der Waals surface area contributed by atoms with E-state index < -0.39 is 11.9 Å². The summed E-state index contributed by atoms with van der Waals surface area (Å²) in [5.74, 6) is -1.46. The molecule has 0 radical (unpaired) electrons. The Kier molecular flexibility index (Phi) is 3.89. The molecule has 104 valence electrons. The second-order valence-corrected chi connectivity index (χ2v) is 4.47. The molecule has 1 amide bonds. The molecule has 0 bridgehead atoms. The summed E-state index contributed by atoms with van der Waals surface area (Å²) in [6, 6.07) is 6.85. The molecule has 1 N–H and O–H groups in total. The Balaban J connectivity index is 2.28. The molecule has 20 heavy (non-hydrogen) atoms. The number of nitriles is 1. The van der Waals surface area contributed by atoms with E-state index in [4.69, 9.17) is 15.1 Å². The average Bonchev–Trinajstić information content (AvgIpc) is 2.82. The fraction of sp³-hybridized carbons (Fsp3) is 0.357. The van der Waals surface area contributed by atoms with Gasteiger partial charge in [-0.15, -0.1) is 0 Å². The third-order valence-electron chi connectivity index (χ3n) is 3.17. The number of ether oxygens (including phenoxy) is 1. The molecule has 0 unspecified atom stereocenters. The van der Waals surface area contributed by atoms with Crippen molar-refractivity contribution in [1.29, 1.82) is 5.26 Å². The summed E-state index contributed by atoms with van der Waals surface area (Å²) in [6.07, 6.45) is -0.00949. The second kappa shape index (κ2) is 5.61. The van der Waals surface area contributed by atoms with Crippen molar-refractivity contribution in [2.45, 2.75) is 13.3 Å². The fourth-order valence-electron chi connectivity index (χ4n) is 2.18. The average molecular weight is 274 g/mol. The van der Waals surface area contributed by atoms with E-state index in [1.165, 1.54) is 4.90 Å². The molecule has 1 aromatic carbocycles. The maximum atomic E-state index is 11.8. The highest BCUT2D eigenvalue weighted by Crippen LogP contribution is 2.29. The Labute approximate surface area is 116 Å². The Morgan fingerprint density at radius 3 is 2.90 bits per heavy atom. The zero-order valence-electron chi connectivity index (χ0n) is 11.0. The van der Waals surface area contributed by atoms with E-state index in [0.29, 0.717) is 23.6 Å². The molecule has 1 aliphatic heterocycles. The Bertz CT molecular complexity index is 591. The van der Waals surface area contributed by atoms with Crippen LogP contribution in [0.2, 0.25) is 0 Å². The first kappa shape index (κ1) is 13.9. The van der Waals surface area contributed by atoms with Gasteiger partial charge in [-0.2, -0.15) is 5.26 Å². The van der Waals surface area contributed by atoms with Gasteiger partial charge in [0.15, 0.2) is 0 Å². The van der Waals surface area contributed by atoms with E-state index in [0.717, 1.165) is 0 Å². The van der Waals surface area contributed by atoms with Crippen molar-refractivity contribution in [3.63, 3.8) is 0 Å². The maximum absolute atomic E-state index is 11.8. The molecule has 1 aliphatic rings. The lowest BCUT2D eigenvalue weighted by atomic mass is 10.1. The predicted molar refractivity (Wildman–Crippen MR) is 70.4 cm³/mol. The molecule has 0 aliphatic carbocycles. The van der Waals surface area contributed by atoms with Crippen LogP contribution in [-0.4, -0.2) is 30.1 Å². The van der Waals surface area contributed by atoms with Crippen LogP contribution in [0.1, 0.15) is 18.9 Å². The van der Waals surface area contributed by atoms with E-state index in [2.05, 4.69) is 0 Å². The third-order valence-corrected chi connectivity index (χ3v) is 3.17. The van der Waals surface area contributed by atoms with Gasteiger partial charge in [-0.05, 0) is 25.1 Å². The van der Waals surface area contributed by atoms with Crippen molar-refractivity contribution in [3.05, 3.63) is 23.8 Å². The standard InChI is InChI=1S/C14H14N2O4/c1-2-20-12-4-3-11(5-9(12)7-15)16-8-10(14(18)19)6-13(16)17/h3-5,10H,2,6,8H2,1H3,(H,18,19)/t10-/m0/s1. The van der Waals surface area contributed by atoms with Gasteiger partial charge < -0.3 is 14.7 Å². The molecule has 0 aromatic heterocycles. The fourth-order valence-corrected chi connectivity index (χ4v) is 2.18. The van der Waals surface area contributed by atoms with Gasteiger partial charge in [-0.3, -0.25) is 9.59 Å². The zero-order valence-corrected chi connectivity index (χ0v) is 11.0. The van der Waals surface area contributed by atoms with E-state index >= 15 is 0 Å². The lowest BCUT2D eigenvalue weighted by Gasteiger charge is -2.17. The highest BCUT2D eigenvalue weighted by molar-refractivity contribution is 5.99. The lowest BCUT2D eigenvalue weighted by molar-refractivity contribution is -0.141. The van der Waals surface area contributed by atoms with Gasteiger partial charge in [0.1, 0.15) is 11.8 Å². The van der Waals surface area contributed by atoms with Crippen LogP contribution in [0.3, 0.4) is 0 Å². The number of anilines is 1. The third kappa shape index (κ3) is 2.57. The Morgan fingerprint density at radius 1 is 1.60 bits per heavy atom. The van der Waals surface area contributed by atoms with Crippen LogP contribution in [0.4, 0.5) is 5.69 Å². The molecule has 1 saturated heterocycles. The number of hydrogen-bond donors (Lipinski definition) is 1. The molecule has 1 fully saturated rings. The van der Waals surface area contributed by atoms with Gasteiger partial charge in [0.25, 0.3) is 0 Å². The normalized spacial score (nSPS) is 17.9. The number of carbonyl (C=O) groups excluding carboxylic acids is 1. The first-order chi connectivity index (χ1) is 9.56. The summed E-state index contributed by atoms with van der Waals surface area (Å²) in [5, 5.41) is 18.1. The van der Waals surface area contributed by atoms with Crippen molar-refractivity contribution in [3.8, 4) is 11.8 Å². The summed E-state index contributed by atoms with van der Waals surface area (Å²) in [7, 11) is 0. The van der Waals surface area contributed by atoms with Gasteiger partial charge in [0.05, 0.1) is 18.1 Å². The monoisotopic (exact) mass is 274 g/mol. The van der Waals surface area contributed by atoms with Crippen LogP contribution in [0.15, 0.2) is 18.2 Å². The van der Waals surface area contributed by atoms with Crippen LogP contribution in [-0.2, 0) is 9.59 Å². The van der Waals surface area contributed by atoms with Gasteiger partial charge >= 0.3 is 5.97 Å². The van der Waals surface area contributed by atoms with E-state index in [9.17, 15) is 9.59 Å². The summed E-state index contributed by atoms with van der Waals surface area (Å²) in [4.78, 5) is 24.2. The SMILES string of the molecule is CCOc1ccc(N2C[C@@H](C(=O)O)CC2=O)cc1C#N. The number of rotatable bonds is 4. The molecule has 1 aromatic rings. The minimum Gasteiger partial charge on any atom is -0.492 e. The quantitative estimate of drug-likeness (QED) is 0.896. The van der Waals surface area contributed by atoms with Crippen LogP contribution in [0.25, 0.3) is 0 Å². The topological polar surface area (TPSA) is 90.6 Å². The summed E-state index contributed by atoms with van der Waals surface area (Å²) >= 11 is 0. The van der Waals surface area contributed by atoms with Gasteiger partial charge in [0, 0.05) is 18.7 Å². The minimum atomic E-state index is -0.979. The van der Waals surface area contributed by atoms with Crippen molar-refractivity contribution in [1.82, 2.24) is 0 Å². The number of amides is 1. The maximum Gasteiger partial charge on any atom is 0.308 e. The Morgan fingerprint density at radius 2 is 2.35 bits per heavy atom. The van der Waals surface area contributed by atoms with Gasteiger partial charge in [-0.25, -0.2) is 0 Å². The number of benzene rings is 1. The number of hydrogen-bond acceptors (Lipinski definition) is 4. The molecular weight excluding hydrogens is 260 g/mol. The first-order valence-corrected chi connectivity index (χ1v) is 6.27. The number of carboxylic acid groups (broad SMARTS) is 1. The van der Waals surface area contributed by atoms with Crippen molar-refractivity contribution >= 4 is 17.6 Å². The smallest absolute Gasteiger partial charge is 0.308 e. The molecule has 2 rings (SSSR count). The zero-order chi connectivity index (χ0) is 14.7. The summed E-state index contributed by atoms with van der Waals surface area (Å²) < 4.78 is 5.31. The van der Waals surface area contributed by atoms with Crippen LogP contribution < -0.4 is 9.64 Å². The van der Waals surface area contributed by atoms with Crippen LogP contribution >= 0.6 is 0 Å². The van der Waals surface area contributed by atoms with Gasteiger partial charge in [-0.1, -0.05) is 0 Å². The lowest BCUT2D eigenvalue weighted by Crippen LogP contribution is -2.25. The molecule has 6 nitrogen and oxygen atoms in total. The number of carbonyl (C=O) groups is 2. The number of nitrogens with zero attached hydrogens (tertiary/aromatic N) is 2. The molecular formula is C14H14N2O4. The number of aliphatic carboxylic acids is 1. The molecule has 0 saturated carbocycles. The molecule has 6 heteroatoms. The minimum absolute atomic E-state index is 0.00949. The van der Waals surface area contributed by atoms with Crippen LogP contribution in [0.5, 0.6) is 5.75 Å². The van der Waals surface area contributed by atoms with Crippen molar-refractivity contribution < 1.29 is 19.4 Å². The predicted octanol–water partition coefficient (Wildman–Crippen LogP) is 1.39. The van der Waals surface area contributed by atoms with Crippen LogP contribution in [0, 0.1) is 17.2 Å². The van der Waals surface area contributed by atoms with Crippen molar-refractivity contribution in [2.75, 3.05) is 18.1 Å². The summed E-state index contributed by atoms with van der Waals surface area (Å²) in [5.41, 5.74) is 0.856. The first-order valence-electron chi connectivity index (χ1n) is 6.27. The highest BCUT2D eigenvalue weighted by atomic mass is 16.5. The van der Waals surface area contributed by atoms with E-state index in [1.54, 1.807) is 18.2 Å².